The van der Waals surface area contributed by atoms with E-state index in [0.717, 1.165) is 0 Å². The molecular formula is C18H16N2O7. The van der Waals surface area contributed by atoms with Gasteiger partial charge in [-0.05, 0) is 29.8 Å². The van der Waals surface area contributed by atoms with Crippen LogP contribution in [0.4, 0.5) is 5.69 Å². The van der Waals surface area contributed by atoms with Gasteiger partial charge in [0.15, 0.2) is 11.5 Å². The van der Waals surface area contributed by atoms with Crippen LogP contribution in [0.1, 0.15) is 22.2 Å². The van der Waals surface area contributed by atoms with E-state index in [1.807, 2.05) is 0 Å². The van der Waals surface area contributed by atoms with Gasteiger partial charge in [0.05, 0.1) is 29.4 Å². The molecular weight excluding hydrogens is 356 g/mol. The zero-order valence-electron chi connectivity index (χ0n) is 14.3. The van der Waals surface area contributed by atoms with Crippen molar-refractivity contribution >= 4 is 17.4 Å². The molecule has 1 aliphatic rings. The van der Waals surface area contributed by atoms with Gasteiger partial charge in [0.2, 0.25) is 5.78 Å². The summed E-state index contributed by atoms with van der Waals surface area (Å²) in [5, 5.41) is 21.2. The maximum atomic E-state index is 12.8. The Hall–Kier alpha value is -3.46. The molecule has 0 bridgehead atoms. The number of aliphatic hydroxyl groups excluding tert-OH is 1. The van der Waals surface area contributed by atoms with Crippen LogP contribution in [0.5, 0.6) is 0 Å². The summed E-state index contributed by atoms with van der Waals surface area (Å²) in [6, 6.07) is 7.49. The third-order valence-electron chi connectivity index (χ3n) is 4.25. The Morgan fingerprint density at radius 2 is 2.04 bits per heavy atom. The van der Waals surface area contributed by atoms with Gasteiger partial charge >= 0.3 is 0 Å². The van der Waals surface area contributed by atoms with Crippen molar-refractivity contribution in [3.63, 3.8) is 0 Å². The SMILES string of the molecule is COCCN1C(=O)C(O)=C(C(=O)c2ccco2)C1c1ccc([N+](=O)[O-])cc1. The summed E-state index contributed by atoms with van der Waals surface area (Å²) in [6.07, 6.45) is 1.31. The fraction of sp³-hybridized carbons (Fsp3) is 0.222. The van der Waals surface area contributed by atoms with Gasteiger partial charge in [-0.3, -0.25) is 19.7 Å². The van der Waals surface area contributed by atoms with E-state index in [2.05, 4.69) is 0 Å². The molecule has 9 nitrogen and oxygen atoms in total. The van der Waals surface area contributed by atoms with E-state index in [1.165, 1.54) is 54.7 Å². The number of aliphatic hydroxyl groups is 1. The zero-order valence-corrected chi connectivity index (χ0v) is 14.3. The molecule has 2 heterocycles. The fourth-order valence-electron chi connectivity index (χ4n) is 2.97. The highest BCUT2D eigenvalue weighted by Crippen LogP contribution is 2.39. The summed E-state index contributed by atoms with van der Waals surface area (Å²) in [5.74, 6) is -2.04. The number of ketones is 1. The Bertz CT molecular complexity index is 900. The lowest BCUT2D eigenvalue weighted by molar-refractivity contribution is -0.384. The number of furan rings is 1. The highest BCUT2D eigenvalue weighted by molar-refractivity contribution is 6.15. The van der Waals surface area contributed by atoms with Crippen molar-refractivity contribution in [3.05, 3.63) is 75.4 Å². The Kier molecular flexibility index (Phi) is 5.04. The number of amides is 1. The first kappa shape index (κ1) is 18.3. The highest BCUT2D eigenvalue weighted by Gasteiger charge is 2.44. The second kappa shape index (κ2) is 7.42. The van der Waals surface area contributed by atoms with Crippen LogP contribution in [0, 0.1) is 10.1 Å². The predicted octanol–water partition coefficient (Wildman–Crippen LogP) is 2.41. The van der Waals surface area contributed by atoms with Crippen LogP contribution in [0.25, 0.3) is 0 Å². The van der Waals surface area contributed by atoms with Crippen molar-refractivity contribution < 1.29 is 28.8 Å². The lowest BCUT2D eigenvalue weighted by Crippen LogP contribution is -2.34. The van der Waals surface area contributed by atoms with Crippen LogP contribution < -0.4 is 0 Å². The van der Waals surface area contributed by atoms with E-state index in [1.54, 1.807) is 0 Å². The van der Waals surface area contributed by atoms with Crippen LogP contribution in [0.3, 0.4) is 0 Å². The number of benzene rings is 1. The molecule has 0 fully saturated rings. The second-order valence-electron chi connectivity index (χ2n) is 5.81. The molecule has 140 valence electrons. The minimum atomic E-state index is -0.911. The zero-order chi connectivity index (χ0) is 19.6. The summed E-state index contributed by atoms with van der Waals surface area (Å²) in [4.78, 5) is 37.0. The van der Waals surface area contributed by atoms with Crippen molar-refractivity contribution in [2.45, 2.75) is 6.04 Å². The second-order valence-corrected chi connectivity index (χ2v) is 5.81. The molecule has 1 aliphatic heterocycles. The van der Waals surface area contributed by atoms with Crippen LogP contribution in [-0.2, 0) is 9.53 Å². The van der Waals surface area contributed by atoms with E-state index in [9.17, 15) is 24.8 Å². The molecule has 3 rings (SSSR count). The number of nitro groups is 1. The number of rotatable bonds is 7. The molecule has 0 spiro atoms. The Balaban J connectivity index is 2.06. The minimum absolute atomic E-state index is 0.0233. The van der Waals surface area contributed by atoms with Crippen molar-refractivity contribution in [1.29, 1.82) is 0 Å². The van der Waals surface area contributed by atoms with E-state index in [0.29, 0.717) is 5.56 Å². The van der Waals surface area contributed by atoms with Crippen molar-refractivity contribution in [3.8, 4) is 0 Å². The third kappa shape index (κ3) is 3.32. The monoisotopic (exact) mass is 372 g/mol. The number of carbonyl (C=O) groups excluding carboxylic acids is 2. The first-order chi connectivity index (χ1) is 13.0. The number of carbonyl (C=O) groups is 2. The van der Waals surface area contributed by atoms with Gasteiger partial charge in [-0.15, -0.1) is 0 Å². The molecule has 0 saturated carbocycles. The summed E-state index contributed by atoms with van der Waals surface area (Å²) in [7, 11) is 1.46. The average Bonchev–Trinajstić information content (AvgIpc) is 3.28. The quantitative estimate of drug-likeness (QED) is 0.450. The van der Waals surface area contributed by atoms with Gasteiger partial charge < -0.3 is 19.2 Å². The van der Waals surface area contributed by atoms with Gasteiger partial charge in [0.1, 0.15) is 0 Å². The van der Waals surface area contributed by atoms with Gasteiger partial charge in [0, 0.05) is 25.8 Å². The van der Waals surface area contributed by atoms with Crippen LogP contribution >= 0.6 is 0 Å². The molecule has 1 aromatic heterocycles. The smallest absolute Gasteiger partial charge is 0.290 e. The Morgan fingerprint density at radius 3 is 2.59 bits per heavy atom. The summed E-state index contributed by atoms with van der Waals surface area (Å²) in [6.45, 7) is 0.306. The first-order valence-corrected chi connectivity index (χ1v) is 8.01. The number of non-ortho nitro benzene ring substituents is 1. The number of nitrogens with zero attached hydrogens (tertiary/aromatic N) is 2. The molecule has 0 aliphatic carbocycles. The molecule has 9 heteroatoms. The number of hydrogen-bond acceptors (Lipinski definition) is 7. The Labute approximate surface area is 153 Å². The Morgan fingerprint density at radius 1 is 1.33 bits per heavy atom. The maximum Gasteiger partial charge on any atom is 0.290 e. The molecule has 27 heavy (non-hydrogen) atoms. The fourth-order valence-corrected chi connectivity index (χ4v) is 2.97. The van der Waals surface area contributed by atoms with E-state index < -0.39 is 28.4 Å². The van der Waals surface area contributed by atoms with Crippen LogP contribution in [0.2, 0.25) is 0 Å². The largest absolute Gasteiger partial charge is 0.503 e. The lowest BCUT2D eigenvalue weighted by atomic mass is 9.95. The molecule has 1 amide bonds. The number of ether oxygens (including phenoxy) is 1. The minimum Gasteiger partial charge on any atom is -0.503 e. The average molecular weight is 372 g/mol. The molecule has 0 radical (unpaired) electrons. The van der Waals surface area contributed by atoms with Crippen LogP contribution in [-0.4, -0.2) is 46.9 Å². The molecule has 1 N–H and O–H groups in total. The predicted molar refractivity (Wildman–Crippen MR) is 92.1 cm³/mol. The van der Waals surface area contributed by atoms with Crippen LogP contribution in [0.15, 0.2) is 58.4 Å². The van der Waals surface area contributed by atoms with Crippen molar-refractivity contribution in [1.82, 2.24) is 4.90 Å². The third-order valence-corrected chi connectivity index (χ3v) is 4.25. The first-order valence-electron chi connectivity index (χ1n) is 8.01. The molecule has 1 atom stereocenters. The number of hydrogen-bond donors (Lipinski definition) is 1. The number of nitro benzene ring substituents is 1. The normalized spacial score (nSPS) is 16.9. The lowest BCUT2D eigenvalue weighted by Gasteiger charge is -2.26. The van der Waals surface area contributed by atoms with Crippen molar-refractivity contribution in [2.75, 3.05) is 20.3 Å². The number of Topliss-reactive ketones (excluding diaryl/α,β-unsaturated/α-hetero) is 1. The molecule has 2 aromatic rings. The summed E-state index contributed by atoms with van der Waals surface area (Å²) < 4.78 is 10.1. The van der Waals surface area contributed by atoms with E-state index in [4.69, 9.17) is 9.15 Å². The summed E-state index contributed by atoms with van der Waals surface area (Å²) in [5.41, 5.74) is 0.183. The van der Waals surface area contributed by atoms with Gasteiger partial charge in [0.25, 0.3) is 11.6 Å². The molecule has 0 saturated heterocycles. The van der Waals surface area contributed by atoms with Gasteiger partial charge in [-0.1, -0.05) is 0 Å². The number of methoxy groups -OCH3 is 1. The van der Waals surface area contributed by atoms with E-state index in [-0.39, 0.29) is 30.2 Å². The van der Waals surface area contributed by atoms with Crippen molar-refractivity contribution in [2.24, 2.45) is 0 Å². The highest BCUT2D eigenvalue weighted by atomic mass is 16.6. The summed E-state index contributed by atoms with van der Waals surface area (Å²) >= 11 is 0. The van der Waals surface area contributed by atoms with Gasteiger partial charge in [-0.25, -0.2) is 0 Å². The standard InChI is InChI=1S/C18H16N2O7/c1-26-10-8-19-15(11-4-6-12(7-5-11)20(24)25)14(17(22)18(19)23)16(21)13-3-2-9-27-13/h2-7,9,15,22H,8,10H2,1H3. The topological polar surface area (TPSA) is 123 Å². The molecule has 1 unspecified atom stereocenters. The van der Waals surface area contributed by atoms with E-state index >= 15 is 0 Å². The van der Waals surface area contributed by atoms with Gasteiger partial charge in [-0.2, -0.15) is 0 Å². The molecule has 1 aromatic carbocycles. The maximum absolute atomic E-state index is 12.8.